The number of carbonyl (C=O) groups is 2. The van der Waals surface area contributed by atoms with E-state index in [1.54, 1.807) is 16.2 Å². The molecule has 4 rings (SSSR count). The molecule has 1 amide bonds. The number of hydrogen-bond acceptors (Lipinski definition) is 5. The Hall–Kier alpha value is -2.60. The average Bonchev–Trinajstić information content (AvgIpc) is 3.15. The molecule has 2 aliphatic rings. The minimum Gasteiger partial charge on any atom is -0.456 e. The van der Waals surface area contributed by atoms with E-state index in [2.05, 4.69) is 38.1 Å². The normalized spacial score (nSPS) is 17.6. The van der Waals surface area contributed by atoms with Crippen molar-refractivity contribution in [1.82, 2.24) is 4.90 Å². The fourth-order valence-corrected chi connectivity index (χ4v) is 6.50. The summed E-state index contributed by atoms with van der Waals surface area (Å²) in [6, 6.07) is 8.35. The van der Waals surface area contributed by atoms with E-state index < -0.39 is 11.2 Å². The van der Waals surface area contributed by atoms with Crippen LogP contribution in [0.25, 0.3) is 16.5 Å². The first kappa shape index (κ1) is 28.4. The molecule has 0 atom stereocenters. The van der Waals surface area contributed by atoms with Gasteiger partial charge in [0.2, 0.25) is 0 Å². The molecule has 0 saturated carbocycles. The smallest absolute Gasteiger partial charge is 0.410 e. The van der Waals surface area contributed by atoms with Gasteiger partial charge >= 0.3 is 12.1 Å². The largest absolute Gasteiger partial charge is 0.456 e. The van der Waals surface area contributed by atoms with Gasteiger partial charge in [-0.3, -0.25) is 0 Å². The van der Waals surface area contributed by atoms with Gasteiger partial charge < -0.3 is 14.4 Å². The molecule has 0 unspecified atom stereocenters. The molecule has 1 fully saturated rings. The summed E-state index contributed by atoms with van der Waals surface area (Å²) in [4.78, 5) is 30.2. The van der Waals surface area contributed by atoms with Crippen LogP contribution in [0.2, 0.25) is 0 Å². The lowest BCUT2D eigenvalue weighted by molar-refractivity contribution is 0.00683. The summed E-state index contributed by atoms with van der Waals surface area (Å²) in [5, 5.41) is 0. The van der Waals surface area contributed by atoms with Crippen LogP contribution in [0.15, 0.2) is 29.8 Å². The van der Waals surface area contributed by atoms with Crippen molar-refractivity contribution in [1.29, 1.82) is 0 Å². The first-order chi connectivity index (χ1) is 17.6. The van der Waals surface area contributed by atoms with Gasteiger partial charge in [0.25, 0.3) is 0 Å². The van der Waals surface area contributed by atoms with Crippen molar-refractivity contribution in [3.8, 4) is 10.4 Å². The van der Waals surface area contributed by atoms with Crippen molar-refractivity contribution in [2.75, 3.05) is 13.1 Å². The number of benzene rings is 1. The van der Waals surface area contributed by atoms with E-state index in [-0.39, 0.29) is 17.5 Å². The zero-order valence-corrected chi connectivity index (χ0v) is 25.1. The second kappa shape index (κ2) is 10.5. The van der Waals surface area contributed by atoms with Crippen molar-refractivity contribution < 1.29 is 19.1 Å². The summed E-state index contributed by atoms with van der Waals surface area (Å²) in [5.74, 6) is -0.226. The molecule has 2 aromatic rings. The lowest BCUT2D eigenvalue weighted by atomic mass is 9.75. The number of esters is 1. The van der Waals surface area contributed by atoms with Crippen LogP contribution in [0.5, 0.6) is 0 Å². The predicted octanol–water partition coefficient (Wildman–Crippen LogP) is 8.30. The number of rotatable bonds is 3. The van der Waals surface area contributed by atoms with Crippen LogP contribution in [0, 0.1) is 5.41 Å². The van der Waals surface area contributed by atoms with Crippen molar-refractivity contribution >= 4 is 29.5 Å². The average molecular weight is 538 g/mol. The second-order valence-corrected chi connectivity index (χ2v) is 14.5. The quantitative estimate of drug-likeness (QED) is 0.370. The highest BCUT2D eigenvalue weighted by molar-refractivity contribution is 7.16. The number of amides is 1. The summed E-state index contributed by atoms with van der Waals surface area (Å²) in [6.07, 6.45) is 6.62. The van der Waals surface area contributed by atoms with Crippen molar-refractivity contribution in [3.05, 3.63) is 51.4 Å². The van der Waals surface area contributed by atoms with Gasteiger partial charge in [0.05, 0.1) is 5.56 Å². The highest BCUT2D eigenvalue weighted by Gasteiger charge is 2.35. The maximum absolute atomic E-state index is 13.6. The van der Waals surface area contributed by atoms with Gasteiger partial charge in [0.1, 0.15) is 11.2 Å². The third kappa shape index (κ3) is 6.88. The van der Waals surface area contributed by atoms with Gasteiger partial charge in [-0.15, -0.1) is 11.3 Å². The first-order valence-corrected chi connectivity index (χ1v) is 14.6. The summed E-state index contributed by atoms with van der Waals surface area (Å²) < 4.78 is 11.5. The summed E-state index contributed by atoms with van der Waals surface area (Å²) in [6.45, 7) is 17.3. The maximum Gasteiger partial charge on any atom is 0.410 e. The molecule has 1 aromatic carbocycles. The Labute approximate surface area is 232 Å². The minimum atomic E-state index is -0.559. The fourth-order valence-electron chi connectivity index (χ4n) is 5.15. The zero-order valence-electron chi connectivity index (χ0n) is 24.3. The Morgan fingerprint density at radius 1 is 0.947 bits per heavy atom. The van der Waals surface area contributed by atoms with E-state index in [4.69, 9.17) is 9.47 Å². The molecule has 0 radical (unpaired) electrons. The standard InChI is InChI=1S/C32H43NO4S/c1-30(2,3)36-28(34)26-24-20-32(7,8)16-13-25(24)38-27(26)23-12-10-9-11-22(23)19-21-14-17-33(18-15-21)29(35)37-31(4,5)6/h9-12,19H,13-18,20H2,1-8H3. The highest BCUT2D eigenvalue weighted by Crippen LogP contribution is 2.46. The Morgan fingerprint density at radius 3 is 2.21 bits per heavy atom. The van der Waals surface area contributed by atoms with E-state index in [0.29, 0.717) is 13.1 Å². The molecule has 206 valence electrons. The van der Waals surface area contributed by atoms with Gasteiger partial charge in [-0.2, -0.15) is 0 Å². The number of likely N-dealkylation sites (tertiary alicyclic amines) is 1. The molecule has 0 bridgehead atoms. The Morgan fingerprint density at radius 2 is 1.58 bits per heavy atom. The van der Waals surface area contributed by atoms with Crippen LogP contribution >= 0.6 is 11.3 Å². The maximum atomic E-state index is 13.6. The Kier molecular flexibility index (Phi) is 7.86. The number of nitrogens with zero attached hydrogens (tertiary/aromatic N) is 1. The number of aryl methyl sites for hydroxylation is 1. The predicted molar refractivity (Wildman–Crippen MR) is 156 cm³/mol. The molecule has 1 saturated heterocycles. The first-order valence-electron chi connectivity index (χ1n) is 13.8. The van der Waals surface area contributed by atoms with Crippen LogP contribution in [-0.2, 0) is 22.3 Å². The van der Waals surface area contributed by atoms with Crippen molar-refractivity contribution in [2.24, 2.45) is 5.41 Å². The zero-order chi connectivity index (χ0) is 27.9. The van der Waals surface area contributed by atoms with Gasteiger partial charge in [0, 0.05) is 22.8 Å². The molecule has 1 aliphatic heterocycles. The number of ether oxygens (including phenoxy) is 2. The van der Waals surface area contributed by atoms with Gasteiger partial charge in [-0.05, 0) is 95.8 Å². The summed E-state index contributed by atoms with van der Waals surface area (Å²) in [5.41, 5.74) is 4.51. The van der Waals surface area contributed by atoms with E-state index in [1.165, 1.54) is 16.0 Å². The molecular weight excluding hydrogens is 494 g/mol. The van der Waals surface area contributed by atoms with Crippen molar-refractivity contribution in [3.63, 3.8) is 0 Å². The Balaban J connectivity index is 1.66. The molecular formula is C32H43NO4S. The molecule has 0 spiro atoms. The fraction of sp³-hybridized carbons (Fsp3) is 0.562. The topological polar surface area (TPSA) is 55.8 Å². The van der Waals surface area contributed by atoms with Crippen LogP contribution in [0.3, 0.4) is 0 Å². The lowest BCUT2D eigenvalue weighted by Gasteiger charge is -2.31. The number of carbonyl (C=O) groups excluding carboxylic acids is 2. The molecule has 0 N–H and O–H groups in total. The van der Waals surface area contributed by atoms with E-state index >= 15 is 0 Å². The number of piperidine rings is 1. The number of hydrogen-bond donors (Lipinski definition) is 0. The summed E-state index contributed by atoms with van der Waals surface area (Å²) in [7, 11) is 0. The molecule has 1 aromatic heterocycles. The van der Waals surface area contributed by atoms with Crippen LogP contribution < -0.4 is 0 Å². The van der Waals surface area contributed by atoms with E-state index in [1.807, 2.05) is 47.6 Å². The lowest BCUT2D eigenvalue weighted by Crippen LogP contribution is -2.40. The highest BCUT2D eigenvalue weighted by atomic mass is 32.1. The van der Waals surface area contributed by atoms with E-state index in [0.717, 1.165) is 53.7 Å². The molecule has 1 aliphatic carbocycles. The number of fused-ring (bicyclic) bond motifs is 1. The van der Waals surface area contributed by atoms with Crippen molar-refractivity contribution in [2.45, 2.75) is 98.7 Å². The van der Waals surface area contributed by atoms with E-state index in [9.17, 15) is 9.59 Å². The molecule has 38 heavy (non-hydrogen) atoms. The van der Waals surface area contributed by atoms with Gasteiger partial charge in [-0.25, -0.2) is 9.59 Å². The van der Waals surface area contributed by atoms with Crippen LogP contribution in [-0.4, -0.2) is 41.3 Å². The summed E-state index contributed by atoms with van der Waals surface area (Å²) >= 11 is 1.76. The second-order valence-electron chi connectivity index (χ2n) is 13.4. The Bertz CT molecular complexity index is 1230. The number of thiophene rings is 1. The van der Waals surface area contributed by atoms with Crippen LogP contribution in [0.4, 0.5) is 4.79 Å². The van der Waals surface area contributed by atoms with Gasteiger partial charge in [-0.1, -0.05) is 49.8 Å². The monoisotopic (exact) mass is 537 g/mol. The molecule has 5 nitrogen and oxygen atoms in total. The SMILES string of the molecule is CC1(C)CCc2sc(-c3ccccc3C=C3CCN(C(=O)OC(C)(C)C)CC3)c(C(=O)OC(C)(C)C)c2C1. The molecule has 2 heterocycles. The van der Waals surface area contributed by atoms with Gasteiger partial charge in [0.15, 0.2) is 0 Å². The third-order valence-corrected chi connectivity index (χ3v) is 8.33. The minimum absolute atomic E-state index is 0.158. The molecule has 6 heteroatoms. The third-order valence-electron chi connectivity index (χ3n) is 7.00. The van der Waals surface area contributed by atoms with Crippen LogP contribution in [0.1, 0.15) is 101 Å².